The average Bonchev–Trinajstić information content (AvgIpc) is 3.43. The number of aromatic hydroxyl groups is 4. The Morgan fingerprint density at radius 3 is 0.831 bits per heavy atom. The Balaban J connectivity index is 0.000000233. The molecule has 8 aromatic rings. The molecule has 83 heavy (non-hydrogen) atoms. The van der Waals surface area contributed by atoms with Crippen LogP contribution in [0.2, 0.25) is 40.2 Å². The Kier molecular flexibility index (Phi) is 26.4. The Morgan fingerprint density at radius 2 is 0.627 bits per heavy atom. The molecule has 0 aliphatic rings. The molecule has 8 aromatic carbocycles. The number of aliphatic hydroxyl groups is 1. The molecular formula is C58H48Cl8F3N5O9. The molecular weight excluding hydrogens is 1250 g/mol. The van der Waals surface area contributed by atoms with Gasteiger partial charge in [0.15, 0.2) is 0 Å². The van der Waals surface area contributed by atoms with Crippen molar-refractivity contribution in [3.63, 3.8) is 0 Å². The number of rotatable bonds is 9. The first-order chi connectivity index (χ1) is 39.0. The lowest BCUT2D eigenvalue weighted by Crippen LogP contribution is -2.13. The van der Waals surface area contributed by atoms with E-state index in [0.29, 0.717) is 59.8 Å². The lowest BCUT2D eigenvalue weighted by Gasteiger charge is -2.11. The maximum Gasteiger partial charge on any atom is 0.416 e. The smallest absolute Gasteiger partial charge is 0.416 e. The van der Waals surface area contributed by atoms with Crippen molar-refractivity contribution in [1.29, 1.82) is 0 Å². The highest BCUT2D eigenvalue weighted by Gasteiger charge is 2.31. The number of anilines is 4. The van der Waals surface area contributed by atoms with Gasteiger partial charge in [-0.2, -0.15) is 13.2 Å². The minimum absolute atomic E-state index is 0.0148. The molecule has 25 heteroatoms. The molecule has 0 bridgehead atoms. The topological polar surface area (TPSA) is 244 Å². The number of halogens is 11. The Bertz CT molecular complexity index is 3360. The second kappa shape index (κ2) is 32.1. The molecule has 4 amide bonds. The number of nitrogens with two attached hydrogens (primary N) is 1. The molecule has 8 rings (SSSR count). The molecule has 436 valence electrons. The van der Waals surface area contributed by atoms with Crippen LogP contribution in [0.15, 0.2) is 146 Å². The number of hydrogen-bond donors (Lipinski definition) is 10. The van der Waals surface area contributed by atoms with Gasteiger partial charge in [0, 0.05) is 26.6 Å². The molecule has 0 radical (unpaired) electrons. The van der Waals surface area contributed by atoms with E-state index in [1.807, 2.05) is 39.0 Å². The van der Waals surface area contributed by atoms with E-state index in [1.54, 1.807) is 36.4 Å². The van der Waals surface area contributed by atoms with Crippen LogP contribution in [0, 0.1) is 20.8 Å². The number of alkyl halides is 3. The van der Waals surface area contributed by atoms with Crippen LogP contribution in [0.4, 0.5) is 35.9 Å². The molecule has 0 saturated heterocycles. The predicted molar refractivity (Wildman–Crippen MR) is 325 cm³/mol. The average molecular weight is 1300 g/mol. The predicted octanol–water partition coefficient (Wildman–Crippen LogP) is 16.7. The van der Waals surface area contributed by atoms with Crippen molar-refractivity contribution in [3.8, 4) is 23.0 Å². The van der Waals surface area contributed by atoms with Crippen LogP contribution in [-0.2, 0) is 6.18 Å². The van der Waals surface area contributed by atoms with E-state index in [4.69, 9.17) is 104 Å². The van der Waals surface area contributed by atoms with Crippen LogP contribution in [0.25, 0.3) is 0 Å². The highest BCUT2D eigenvalue weighted by atomic mass is 35.5. The van der Waals surface area contributed by atoms with Crippen LogP contribution in [0.1, 0.15) is 63.7 Å². The fourth-order valence-corrected chi connectivity index (χ4v) is 8.24. The standard InChI is InChI=1S/C14H8Cl2F3NO2.3C14H11Cl2NO2.C2H7NO/c15-8-2-4-12(21)9(6-8)13(22)20-11-3-1-7(5-10(11)16)14(17,18)19;3*1-8-2-4-12(11(16)6-8)17-14(19)10-7-9(15)3-5-13(10)18;3-1-2-4/h1-6,21H,(H,20,22);3*2-7,18H,1H3,(H,17,19);4H,1-3H2. The number of phenolic OH excluding ortho intramolecular Hbond substituents is 4. The number of benzene rings is 8. The summed E-state index contributed by atoms with van der Waals surface area (Å²) in [5.41, 5.74) is 8.45. The van der Waals surface area contributed by atoms with E-state index in [0.717, 1.165) is 28.8 Å². The Hall–Kier alpha value is -7.13. The largest absolute Gasteiger partial charge is 0.507 e. The molecule has 0 saturated carbocycles. The molecule has 0 fully saturated rings. The lowest BCUT2D eigenvalue weighted by molar-refractivity contribution is -0.137. The number of phenols is 4. The van der Waals surface area contributed by atoms with Gasteiger partial charge in [-0.25, -0.2) is 0 Å². The summed E-state index contributed by atoms with van der Waals surface area (Å²) in [6.07, 6.45) is -4.53. The molecule has 0 aliphatic carbocycles. The molecule has 0 heterocycles. The normalized spacial score (nSPS) is 10.4. The zero-order chi connectivity index (χ0) is 61.9. The summed E-state index contributed by atoms with van der Waals surface area (Å²) in [6.45, 7) is 6.18. The van der Waals surface area contributed by atoms with Crippen LogP contribution in [-0.4, -0.2) is 62.3 Å². The highest BCUT2D eigenvalue weighted by molar-refractivity contribution is 6.36. The first-order valence-corrected chi connectivity index (χ1v) is 26.7. The number of hydrogen-bond acceptors (Lipinski definition) is 10. The second-order valence-electron chi connectivity index (χ2n) is 17.1. The summed E-state index contributed by atoms with van der Waals surface area (Å²) < 4.78 is 37.6. The van der Waals surface area contributed by atoms with Crippen molar-refractivity contribution < 1.29 is 57.9 Å². The molecule has 14 nitrogen and oxygen atoms in total. The molecule has 0 atom stereocenters. The number of amides is 4. The number of nitrogens with one attached hydrogen (secondary N) is 4. The minimum Gasteiger partial charge on any atom is -0.507 e. The third-order valence-corrected chi connectivity index (χ3v) is 12.8. The summed E-state index contributed by atoms with van der Waals surface area (Å²) in [5, 5.41) is 58.9. The highest BCUT2D eigenvalue weighted by Crippen LogP contribution is 2.35. The quantitative estimate of drug-likeness (QED) is 0.0655. The zero-order valence-corrected chi connectivity index (χ0v) is 49.4. The Morgan fingerprint density at radius 1 is 0.398 bits per heavy atom. The maximum atomic E-state index is 12.5. The summed E-state index contributed by atoms with van der Waals surface area (Å²) in [6, 6.07) is 35.0. The van der Waals surface area contributed by atoms with Gasteiger partial charge >= 0.3 is 6.18 Å². The van der Waals surface area contributed by atoms with Gasteiger partial charge in [0.25, 0.3) is 23.6 Å². The van der Waals surface area contributed by atoms with E-state index >= 15 is 0 Å². The van der Waals surface area contributed by atoms with Crippen molar-refractivity contribution in [2.24, 2.45) is 5.73 Å². The third-order valence-electron chi connectivity index (χ3n) is 10.6. The zero-order valence-electron chi connectivity index (χ0n) is 43.4. The number of carbonyl (C=O) groups excluding carboxylic acids is 4. The van der Waals surface area contributed by atoms with Crippen LogP contribution < -0.4 is 27.0 Å². The summed E-state index contributed by atoms with van der Waals surface area (Å²) in [4.78, 5) is 48.1. The Labute approximate surface area is 514 Å². The van der Waals surface area contributed by atoms with E-state index in [-0.39, 0.29) is 67.6 Å². The van der Waals surface area contributed by atoms with Crippen molar-refractivity contribution >= 4 is 139 Å². The van der Waals surface area contributed by atoms with Crippen molar-refractivity contribution in [3.05, 3.63) is 230 Å². The molecule has 0 aliphatic heterocycles. The summed E-state index contributed by atoms with van der Waals surface area (Å²) in [5.74, 6) is -2.87. The molecule has 0 spiro atoms. The van der Waals surface area contributed by atoms with E-state index < -0.39 is 35.4 Å². The van der Waals surface area contributed by atoms with Gasteiger partial charge < -0.3 is 52.5 Å². The van der Waals surface area contributed by atoms with Gasteiger partial charge in [-0.15, -0.1) is 0 Å². The maximum absolute atomic E-state index is 12.5. The number of carbonyl (C=O) groups is 4. The van der Waals surface area contributed by atoms with Crippen molar-refractivity contribution in [1.82, 2.24) is 0 Å². The second-order valence-corrected chi connectivity index (χ2v) is 20.5. The first kappa shape index (κ1) is 68.4. The third kappa shape index (κ3) is 21.5. The molecule has 11 N–H and O–H groups in total. The SMILES string of the molecule is Cc1ccc(NC(=O)c2cc(Cl)ccc2O)c(Cl)c1.Cc1ccc(NC(=O)c2cc(Cl)ccc2O)c(Cl)c1.Cc1ccc(NC(=O)c2cc(Cl)ccc2O)c(Cl)c1.NCCO.O=C(Nc1ccc(C(F)(F)F)cc1Cl)c1cc(Cl)ccc1O. The van der Waals surface area contributed by atoms with Gasteiger partial charge in [-0.3, -0.25) is 19.2 Å². The van der Waals surface area contributed by atoms with Crippen LogP contribution in [0.5, 0.6) is 23.0 Å². The molecule has 0 aromatic heterocycles. The van der Waals surface area contributed by atoms with Gasteiger partial charge in [0.05, 0.1) is 77.3 Å². The van der Waals surface area contributed by atoms with Crippen molar-refractivity contribution in [2.45, 2.75) is 26.9 Å². The van der Waals surface area contributed by atoms with Gasteiger partial charge in [-0.1, -0.05) is 111 Å². The van der Waals surface area contributed by atoms with Gasteiger partial charge in [0.1, 0.15) is 23.0 Å². The molecule has 0 unspecified atom stereocenters. The fraction of sp³-hybridized carbons (Fsp3) is 0.103. The monoisotopic (exact) mass is 1300 g/mol. The van der Waals surface area contributed by atoms with E-state index in [2.05, 4.69) is 21.3 Å². The van der Waals surface area contributed by atoms with E-state index in [1.165, 1.54) is 72.8 Å². The fourth-order valence-electron chi connectivity index (χ4n) is 6.48. The minimum atomic E-state index is -4.53. The van der Waals surface area contributed by atoms with Gasteiger partial charge in [0.2, 0.25) is 0 Å². The van der Waals surface area contributed by atoms with Crippen molar-refractivity contribution in [2.75, 3.05) is 34.4 Å². The lowest BCUT2D eigenvalue weighted by atomic mass is 10.1. The summed E-state index contributed by atoms with van der Waals surface area (Å²) in [7, 11) is 0. The summed E-state index contributed by atoms with van der Waals surface area (Å²) >= 11 is 46.9. The first-order valence-electron chi connectivity index (χ1n) is 23.7. The van der Waals surface area contributed by atoms with E-state index in [9.17, 15) is 52.8 Å². The van der Waals surface area contributed by atoms with Crippen LogP contribution in [0.3, 0.4) is 0 Å². The van der Waals surface area contributed by atoms with Crippen LogP contribution >= 0.6 is 92.8 Å². The number of aryl methyl sites for hydroxylation is 3. The van der Waals surface area contributed by atoms with Gasteiger partial charge in [-0.05, 0) is 165 Å². The number of aliphatic hydroxyl groups excluding tert-OH is 1.